The lowest BCUT2D eigenvalue weighted by Gasteiger charge is -2.31. The molecule has 2 atom stereocenters. The Hall–Kier alpha value is -3.56. The van der Waals surface area contributed by atoms with Gasteiger partial charge in [0.25, 0.3) is 5.56 Å². The van der Waals surface area contributed by atoms with E-state index in [9.17, 15) is 14.7 Å². The third-order valence-corrected chi connectivity index (χ3v) is 6.82. The van der Waals surface area contributed by atoms with Crippen LogP contribution in [-0.4, -0.2) is 23.0 Å². The van der Waals surface area contributed by atoms with E-state index < -0.39 is 17.7 Å². The average molecular weight is 431 g/mol. The molecular formula is C22H17N5O3S. The standard InChI is InChI=1S/C22H17N5O3S/c1-26-20-17(21(29)27(2)22(26)30)15(10-7-8-13-14(9-10)25-31-24-13)16-18(23-20)11-5-3-4-6-12(11)19(16)28/h3-9,15,19,23,28H,1-2H3. The highest BCUT2D eigenvalue weighted by Gasteiger charge is 2.42. The highest BCUT2D eigenvalue weighted by atomic mass is 32.1. The molecule has 0 fully saturated rings. The van der Waals surface area contributed by atoms with E-state index in [4.69, 9.17) is 0 Å². The Morgan fingerprint density at radius 1 is 1.03 bits per heavy atom. The summed E-state index contributed by atoms with van der Waals surface area (Å²) >= 11 is 1.13. The Labute approximate surface area is 180 Å². The van der Waals surface area contributed by atoms with E-state index >= 15 is 0 Å². The van der Waals surface area contributed by atoms with Gasteiger partial charge in [-0.15, -0.1) is 0 Å². The van der Waals surface area contributed by atoms with Gasteiger partial charge in [0.2, 0.25) is 0 Å². The van der Waals surface area contributed by atoms with Gasteiger partial charge in [-0.05, 0) is 28.8 Å². The first-order valence-corrected chi connectivity index (χ1v) is 10.5. The van der Waals surface area contributed by atoms with Crippen molar-refractivity contribution in [3.63, 3.8) is 0 Å². The highest BCUT2D eigenvalue weighted by molar-refractivity contribution is 7.00. The first kappa shape index (κ1) is 18.2. The van der Waals surface area contributed by atoms with Crippen LogP contribution in [0.5, 0.6) is 0 Å². The number of aromatic nitrogens is 4. The minimum absolute atomic E-state index is 0.387. The lowest BCUT2D eigenvalue weighted by Crippen LogP contribution is -2.42. The number of rotatable bonds is 1. The molecule has 31 heavy (non-hydrogen) atoms. The Kier molecular flexibility index (Phi) is 3.66. The third kappa shape index (κ3) is 2.32. The quantitative estimate of drug-likeness (QED) is 0.479. The van der Waals surface area contributed by atoms with Crippen LogP contribution in [0.3, 0.4) is 0 Å². The van der Waals surface area contributed by atoms with Crippen molar-refractivity contribution in [1.82, 2.24) is 17.9 Å². The van der Waals surface area contributed by atoms with Gasteiger partial charge in [0.05, 0.1) is 23.0 Å². The van der Waals surface area contributed by atoms with E-state index in [1.54, 1.807) is 7.05 Å². The van der Waals surface area contributed by atoms with Crippen LogP contribution in [0, 0.1) is 0 Å². The number of anilines is 1. The first-order valence-electron chi connectivity index (χ1n) is 9.78. The molecule has 1 aliphatic heterocycles. The highest BCUT2D eigenvalue weighted by Crippen LogP contribution is 2.52. The predicted octanol–water partition coefficient (Wildman–Crippen LogP) is 2.10. The number of aliphatic hydroxyl groups excluding tert-OH is 1. The van der Waals surface area contributed by atoms with E-state index in [1.165, 1.54) is 11.6 Å². The number of hydrogen-bond acceptors (Lipinski definition) is 7. The number of nitrogens with one attached hydrogen (secondary N) is 1. The van der Waals surface area contributed by atoms with Crippen molar-refractivity contribution in [3.8, 4) is 0 Å². The lowest BCUT2D eigenvalue weighted by molar-refractivity contribution is 0.213. The van der Waals surface area contributed by atoms with E-state index in [0.717, 1.165) is 49.7 Å². The van der Waals surface area contributed by atoms with Crippen molar-refractivity contribution in [2.75, 3.05) is 5.32 Å². The fourth-order valence-electron chi connectivity index (χ4n) is 4.74. The zero-order valence-corrected chi connectivity index (χ0v) is 17.5. The Bertz CT molecular complexity index is 1560. The van der Waals surface area contributed by atoms with E-state index in [1.807, 2.05) is 42.5 Å². The molecular weight excluding hydrogens is 414 g/mol. The molecule has 2 aromatic heterocycles. The van der Waals surface area contributed by atoms with Crippen molar-refractivity contribution in [3.05, 3.63) is 91.1 Å². The van der Waals surface area contributed by atoms with Gasteiger partial charge < -0.3 is 10.4 Å². The summed E-state index contributed by atoms with van der Waals surface area (Å²) in [6, 6.07) is 13.3. The molecule has 154 valence electrons. The minimum atomic E-state index is -0.872. The maximum atomic E-state index is 13.3. The van der Waals surface area contributed by atoms with Gasteiger partial charge in [0, 0.05) is 25.6 Å². The van der Waals surface area contributed by atoms with Crippen molar-refractivity contribution in [2.24, 2.45) is 14.1 Å². The van der Waals surface area contributed by atoms with Crippen molar-refractivity contribution in [1.29, 1.82) is 0 Å². The number of hydrogen-bond donors (Lipinski definition) is 2. The molecule has 1 aliphatic carbocycles. The van der Waals surface area contributed by atoms with Gasteiger partial charge in [-0.1, -0.05) is 30.3 Å². The van der Waals surface area contributed by atoms with Gasteiger partial charge in [0.1, 0.15) is 23.0 Å². The molecule has 3 heterocycles. The largest absolute Gasteiger partial charge is 0.384 e. The lowest BCUT2D eigenvalue weighted by atomic mass is 9.81. The SMILES string of the molecule is Cn1c2c(c(=O)n(C)c1=O)C(c1ccc3nsnc3c1)C1=C(N2)c2ccccc2C1O. The van der Waals surface area contributed by atoms with Gasteiger partial charge >= 0.3 is 5.69 Å². The van der Waals surface area contributed by atoms with Crippen molar-refractivity contribution < 1.29 is 5.11 Å². The molecule has 8 nitrogen and oxygen atoms in total. The van der Waals surface area contributed by atoms with Crippen LogP contribution in [0.25, 0.3) is 16.7 Å². The fraction of sp³-hybridized carbons (Fsp3) is 0.182. The van der Waals surface area contributed by atoms with Crippen LogP contribution in [0.1, 0.15) is 34.3 Å². The average Bonchev–Trinajstić information content (AvgIpc) is 3.37. The topological polar surface area (TPSA) is 102 Å². The number of fused-ring (bicyclic) bond motifs is 4. The summed E-state index contributed by atoms with van der Waals surface area (Å²) in [5.41, 5.74) is 5.04. The van der Waals surface area contributed by atoms with Crippen LogP contribution < -0.4 is 16.6 Å². The molecule has 0 bridgehead atoms. The summed E-state index contributed by atoms with van der Waals surface area (Å²) in [7, 11) is 3.11. The Morgan fingerprint density at radius 2 is 1.81 bits per heavy atom. The summed E-state index contributed by atoms with van der Waals surface area (Å²) in [5, 5.41) is 14.6. The summed E-state index contributed by atoms with van der Waals surface area (Å²) in [4.78, 5) is 26.0. The molecule has 6 rings (SSSR count). The minimum Gasteiger partial charge on any atom is -0.384 e. The molecule has 0 radical (unpaired) electrons. The molecule has 2 aromatic carbocycles. The zero-order valence-electron chi connectivity index (χ0n) is 16.7. The van der Waals surface area contributed by atoms with Gasteiger partial charge in [-0.3, -0.25) is 13.9 Å². The molecule has 4 aromatic rings. The van der Waals surface area contributed by atoms with Crippen molar-refractivity contribution >= 4 is 34.3 Å². The normalized spacial score (nSPS) is 19.2. The number of aliphatic hydroxyl groups is 1. The molecule has 0 saturated heterocycles. The molecule has 2 N–H and O–H groups in total. The fourth-order valence-corrected chi connectivity index (χ4v) is 5.26. The van der Waals surface area contributed by atoms with Crippen LogP contribution in [0.15, 0.2) is 57.6 Å². The first-order chi connectivity index (χ1) is 15.0. The second kappa shape index (κ2) is 6.22. The molecule has 9 heteroatoms. The molecule has 0 saturated carbocycles. The second-order valence-electron chi connectivity index (χ2n) is 7.86. The smallest absolute Gasteiger partial charge is 0.332 e. The summed E-state index contributed by atoms with van der Waals surface area (Å²) < 4.78 is 11.2. The Morgan fingerprint density at radius 3 is 2.65 bits per heavy atom. The number of nitrogens with zero attached hydrogens (tertiary/aromatic N) is 4. The van der Waals surface area contributed by atoms with Crippen LogP contribution in [0.2, 0.25) is 0 Å². The summed E-state index contributed by atoms with van der Waals surface area (Å²) in [5.74, 6) is -0.0949. The van der Waals surface area contributed by atoms with E-state index in [-0.39, 0.29) is 5.56 Å². The van der Waals surface area contributed by atoms with E-state index in [2.05, 4.69) is 14.1 Å². The third-order valence-electron chi connectivity index (χ3n) is 6.26. The Balaban J connectivity index is 1.72. The molecule has 2 unspecified atom stereocenters. The molecule has 2 aliphatic rings. The van der Waals surface area contributed by atoms with Crippen LogP contribution in [-0.2, 0) is 14.1 Å². The number of benzene rings is 2. The molecule has 0 amide bonds. The van der Waals surface area contributed by atoms with Crippen LogP contribution in [0.4, 0.5) is 5.82 Å². The summed E-state index contributed by atoms with van der Waals surface area (Å²) in [6.45, 7) is 0. The van der Waals surface area contributed by atoms with Gasteiger partial charge in [-0.25, -0.2) is 4.79 Å². The molecule has 0 spiro atoms. The maximum absolute atomic E-state index is 13.3. The van der Waals surface area contributed by atoms with Crippen molar-refractivity contribution in [2.45, 2.75) is 12.0 Å². The van der Waals surface area contributed by atoms with Gasteiger partial charge in [-0.2, -0.15) is 8.75 Å². The predicted molar refractivity (Wildman–Crippen MR) is 118 cm³/mol. The zero-order chi connectivity index (χ0) is 21.4. The van der Waals surface area contributed by atoms with Gasteiger partial charge in [0.15, 0.2) is 0 Å². The van der Waals surface area contributed by atoms with Crippen LogP contribution >= 0.6 is 11.7 Å². The maximum Gasteiger partial charge on any atom is 0.332 e. The monoisotopic (exact) mass is 431 g/mol. The van der Waals surface area contributed by atoms with E-state index in [0.29, 0.717) is 17.0 Å². The second-order valence-corrected chi connectivity index (χ2v) is 8.39. The summed E-state index contributed by atoms with van der Waals surface area (Å²) in [6.07, 6.45) is -0.872.